The Morgan fingerprint density at radius 2 is 2.00 bits per heavy atom. The van der Waals surface area contributed by atoms with Crippen molar-refractivity contribution < 1.29 is 14.3 Å². The van der Waals surface area contributed by atoms with Crippen molar-refractivity contribution in [3.63, 3.8) is 0 Å². The maximum Gasteiger partial charge on any atom is 0.327 e. The van der Waals surface area contributed by atoms with Gasteiger partial charge in [0.2, 0.25) is 0 Å². The highest BCUT2D eigenvalue weighted by Crippen LogP contribution is 2.77. The summed E-state index contributed by atoms with van der Waals surface area (Å²) in [4.78, 5) is 13.4. The number of fused-ring (bicyclic) bond motifs is 2. The van der Waals surface area contributed by atoms with Crippen LogP contribution in [0.3, 0.4) is 0 Å². The third-order valence-corrected chi connectivity index (χ3v) is 7.67. The van der Waals surface area contributed by atoms with Gasteiger partial charge in [0.25, 0.3) is 0 Å². The fourth-order valence-corrected chi connectivity index (χ4v) is 6.89. The third-order valence-electron chi connectivity index (χ3n) is 7.67. The number of carbonyl (C=O) groups is 1. The van der Waals surface area contributed by atoms with Crippen LogP contribution in [0.4, 0.5) is 4.39 Å². The van der Waals surface area contributed by atoms with E-state index in [0.717, 1.165) is 32.1 Å². The summed E-state index contributed by atoms with van der Waals surface area (Å²) in [5, 5.41) is 9.01. The molecule has 0 saturated heterocycles. The molecule has 3 nitrogen and oxygen atoms in total. The summed E-state index contributed by atoms with van der Waals surface area (Å²) in [5.41, 5.74) is 4.79. The number of benzene rings is 1. The monoisotopic (exact) mass is 395 g/mol. The molecule has 2 unspecified atom stereocenters. The molecule has 0 spiro atoms. The van der Waals surface area contributed by atoms with Gasteiger partial charge in [0.1, 0.15) is 5.67 Å². The average molecular weight is 396 g/mol. The van der Waals surface area contributed by atoms with E-state index in [1.54, 1.807) is 13.8 Å². The minimum absolute atomic E-state index is 0.0577. The third kappa shape index (κ3) is 2.91. The zero-order chi connectivity index (χ0) is 20.6. The van der Waals surface area contributed by atoms with E-state index in [-0.39, 0.29) is 16.9 Å². The van der Waals surface area contributed by atoms with Gasteiger partial charge in [0.15, 0.2) is 0 Å². The topological polar surface area (TPSA) is 40.5 Å². The first-order chi connectivity index (χ1) is 13.6. The van der Waals surface area contributed by atoms with E-state index in [4.69, 9.17) is 5.11 Å². The van der Waals surface area contributed by atoms with E-state index in [0.29, 0.717) is 12.6 Å². The molecule has 1 aliphatic heterocycles. The molecule has 1 aromatic rings. The molecule has 2 atom stereocenters. The Hall–Kier alpha value is -1.94. The molecule has 0 aromatic heterocycles. The molecular formula is C25H30FNO2. The SMILES string of the molecule is CC1CC2=C(Cc3ccccc32)C(C23CC(/C=C/C(=O)O)(C2)C3)N1CC(C)(C)F. The predicted molar refractivity (Wildman–Crippen MR) is 112 cm³/mol. The van der Waals surface area contributed by atoms with E-state index in [1.165, 1.54) is 28.3 Å². The molecule has 3 saturated carbocycles. The number of allylic oxidation sites excluding steroid dienone is 1. The van der Waals surface area contributed by atoms with Crippen LogP contribution in [0.2, 0.25) is 0 Å². The standard InChI is InChI=1S/C25H30FNO2/c1-16-10-19-18-7-5-4-6-17(18)11-20(19)22(27(16)15-23(2,3)26)25-12-24(13-25,14-25)9-8-21(28)29/h4-9,16,22H,10-15H2,1-3H3,(H,28,29)/b9-8+. The predicted octanol–water partition coefficient (Wildman–Crippen LogP) is 5.02. The van der Waals surface area contributed by atoms with Gasteiger partial charge in [-0.25, -0.2) is 9.18 Å². The van der Waals surface area contributed by atoms with Crippen LogP contribution in [0.5, 0.6) is 0 Å². The van der Waals surface area contributed by atoms with Crippen molar-refractivity contribution in [2.45, 2.75) is 70.6 Å². The van der Waals surface area contributed by atoms with E-state index in [9.17, 15) is 9.18 Å². The van der Waals surface area contributed by atoms with Crippen LogP contribution in [-0.2, 0) is 11.2 Å². The molecule has 154 valence electrons. The molecule has 2 bridgehead atoms. The molecule has 4 heteroatoms. The van der Waals surface area contributed by atoms with Crippen molar-refractivity contribution >= 4 is 11.5 Å². The molecule has 6 rings (SSSR count). The fourth-order valence-electron chi connectivity index (χ4n) is 6.89. The number of aliphatic carboxylic acids is 1. The maximum atomic E-state index is 14.8. The summed E-state index contributed by atoms with van der Waals surface area (Å²) in [6.07, 6.45) is 8.26. The number of rotatable bonds is 5. The van der Waals surface area contributed by atoms with Crippen LogP contribution in [0.25, 0.3) is 5.57 Å². The second kappa shape index (κ2) is 6.04. The van der Waals surface area contributed by atoms with Gasteiger partial charge in [0.05, 0.1) is 0 Å². The van der Waals surface area contributed by atoms with Crippen LogP contribution in [0.15, 0.2) is 42.0 Å². The molecule has 5 aliphatic rings. The summed E-state index contributed by atoms with van der Waals surface area (Å²) in [7, 11) is 0. The minimum atomic E-state index is -1.24. The van der Waals surface area contributed by atoms with Crippen molar-refractivity contribution in [3.05, 3.63) is 53.1 Å². The van der Waals surface area contributed by atoms with E-state index < -0.39 is 11.6 Å². The Kier molecular flexibility index (Phi) is 3.97. The largest absolute Gasteiger partial charge is 0.478 e. The molecule has 1 heterocycles. The zero-order valence-electron chi connectivity index (χ0n) is 17.5. The van der Waals surface area contributed by atoms with Crippen molar-refractivity contribution in [2.75, 3.05) is 6.54 Å². The van der Waals surface area contributed by atoms with E-state index in [1.807, 2.05) is 6.08 Å². The summed E-state index contributed by atoms with van der Waals surface area (Å²) >= 11 is 0. The molecule has 1 N–H and O–H groups in total. The number of hydrogen-bond acceptors (Lipinski definition) is 2. The Balaban J connectivity index is 1.50. The lowest BCUT2D eigenvalue weighted by atomic mass is 9.32. The Labute approximate surface area is 172 Å². The quantitative estimate of drug-likeness (QED) is 0.712. The van der Waals surface area contributed by atoms with Crippen LogP contribution in [-0.4, -0.2) is 40.3 Å². The van der Waals surface area contributed by atoms with Gasteiger partial charge in [-0.15, -0.1) is 0 Å². The smallest absolute Gasteiger partial charge is 0.327 e. The first-order valence-corrected chi connectivity index (χ1v) is 10.8. The summed E-state index contributed by atoms with van der Waals surface area (Å²) in [6, 6.07) is 9.29. The Morgan fingerprint density at radius 1 is 1.31 bits per heavy atom. The van der Waals surface area contributed by atoms with Gasteiger partial charge in [-0.1, -0.05) is 30.3 Å². The van der Waals surface area contributed by atoms with Crippen molar-refractivity contribution in [3.8, 4) is 0 Å². The van der Waals surface area contributed by atoms with Crippen molar-refractivity contribution in [2.24, 2.45) is 10.8 Å². The zero-order valence-corrected chi connectivity index (χ0v) is 17.5. The number of carboxylic acids is 1. The number of halogens is 1. The van der Waals surface area contributed by atoms with E-state index in [2.05, 4.69) is 36.1 Å². The van der Waals surface area contributed by atoms with Gasteiger partial charge in [-0.2, -0.15) is 0 Å². The normalized spacial score (nSPS) is 35.9. The molecule has 3 fully saturated rings. The summed E-state index contributed by atoms with van der Waals surface area (Å²) in [6.45, 7) is 6.06. The van der Waals surface area contributed by atoms with Gasteiger partial charge < -0.3 is 5.11 Å². The van der Waals surface area contributed by atoms with Crippen LogP contribution >= 0.6 is 0 Å². The van der Waals surface area contributed by atoms with Crippen molar-refractivity contribution in [1.82, 2.24) is 4.90 Å². The van der Waals surface area contributed by atoms with Crippen LogP contribution in [0.1, 0.15) is 57.6 Å². The number of nitrogens with zero attached hydrogens (tertiary/aromatic N) is 1. The lowest BCUT2D eigenvalue weighted by Gasteiger charge is -2.75. The molecule has 1 aromatic carbocycles. The van der Waals surface area contributed by atoms with E-state index >= 15 is 0 Å². The number of carboxylic acid groups (broad SMARTS) is 1. The molecule has 0 radical (unpaired) electrons. The maximum absolute atomic E-state index is 14.8. The Morgan fingerprint density at radius 3 is 2.66 bits per heavy atom. The lowest BCUT2D eigenvalue weighted by Crippen LogP contribution is -2.71. The number of alkyl halides is 1. The first kappa shape index (κ1) is 19.0. The lowest BCUT2D eigenvalue weighted by molar-refractivity contribution is -0.211. The molecule has 4 aliphatic carbocycles. The second-order valence-corrected chi connectivity index (χ2v) is 10.6. The first-order valence-electron chi connectivity index (χ1n) is 10.8. The molecule has 0 amide bonds. The summed E-state index contributed by atoms with van der Waals surface area (Å²) < 4.78 is 14.8. The van der Waals surface area contributed by atoms with Gasteiger partial charge in [0, 0.05) is 24.7 Å². The van der Waals surface area contributed by atoms with Gasteiger partial charge in [-0.05, 0) is 86.0 Å². The van der Waals surface area contributed by atoms with Crippen molar-refractivity contribution in [1.29, 1.82) is 0 Å². The highest BCUT2D eigenvalue weighted by molar-refractivity contribution is 5.80. The number of hydrogen-bond donors (Lipinski definition) is 1. The highest BCUT2D eigenvalue weighted by atomic mass is 19.1. The molecular weight excluding hydrogens is 365 g/mol. The second-order valence-electron chi connectivity index (χ2n) is 10.6. The van der Waals surface area contributed by atoms with Crippen LogP contribution < -0.4 is 0 Å². The summed E-state index contributed by atoms with van der Waals surface area (Å²) in [5.74, 6) is -0.868. The van der Waals surface area contributed by atoms with Crippen LogP contribution in [0, 0.1) is 10.8 Å². The van der Waals surface area contributed by atoms with Gasteiger partial charge in [-0.3, -0.25) is 4.90 Å². The fraction of sp³-hybridized carbons (Fsp3) is 0.560. The minimum Gasteiger partial charge on any atom is -0.478 e. The average Bonchev–Trinajstić information content (AvgIpc) is 2.91. The molecule has 29 heavy (non-hydrogen) atoms. The Bertz CT molecular complexity index is 919. The van der Waals surface area contributed by atoms with Gasteiger partial charge >= 0.3 is 5.97 Å². The highest BCUT2D eigenvalue weighted by Gasteiger charge is 2.71.